The number of thiophene rings is 1. The summed E-state index contributed by atoms with van der Waals surface area (Å²) < 4.78 is 36.1. The standard InChI is InChI=1S/C26H32N6O4S2/c1-3-36-17-21-31-23-24(18(2)15-28-25(23)27)32(21)14-8-7-13-30-38(34,35)22-12-11-20(37-22)16-29-26(33)19-9-5-4-6-10-19/h4-6,9-12,15,30H,3,7-8,13-14,16-17H2,1-2H3,(H2,27,28)(H,29,33). The van der Waals surface area contributed by atoms with Crippen LogP contribution in [0.1, 0.15) is 46.4 Å². The van der Waals surface area contributed by atoms with E-state index >= 15 is 0 Å². The number of amides is 1. The van der Waals surface area contributed by atoms with Crippen LogP contribution in [0, 0.1) is 6.92 Å². The summed E-state index contributed by atoms with van der Waals surface area (Å²) in [4.78, 5) is 21.8. The van der Waals surface area contributed by atoms with Crippen molar-refractivity contribution in [1.29, 1.82) is 0 Å². The van der Waals surface area contributed by atoms with Gasteiger partial charge in [-0.3, -0.25) is 4.79 Å². The molecular weight excluding hydrogens is 524 g/mol. The molecule has 0 radical (unpaired) electrons. The second-order valence-electron chi connectivity index (χ2n) is 8.71. The molecule has 0 saturated heterocycles. The van der Waals surface area contributed by atoms with Crippen LogP contribution < -0.4 is 15.8 Å². The number of rotatable bonds is 13. The molecule has 1 aromatic carbocycles. The number of carbonyl (C=O) groups is 1. The number of imidazole rings is 1. The van der Waals surface area contributed by atoms with E-state index in [-0.39, 0.29) is 16.7 Å². The maximum Gasteiger partial charge on any atom is 0.251 e. The summed E-state index contributed by atoms with van der Waals surface area (Å²) in [6.07, 6.45) is 3.10. The van der Waals surface area contributed by atoms with Gasteiger partial charge < -0.3 is 20.4 Å². The maximum atomic E-state index is 12.8. The van der Waals surface area contributed by atoms with Crippen molar-refractivity contribution in [2.24, 2.45) is 0 Å². The third-order valence-corrected chi connectivity index (χ3v) is 9.00. The van der Waals surface area contributed by atoms with Crippen molar-refractivity contribution in [3.8, 4) is 0 Å². The summed E-state index contributed by atoms with van der Waals surface area (Å²) >= 11 is 1.14. The molecule has 202 valence electrons. The fourth-order valence-electron chi connectivity index (χ4n) is 4.04. The Hall–Kier alpha value is -3.32. The number of aryl methyl sites for hydroxylation is 2. The van der Waals surface area contributed by atoms with Crippen LogP contribution in [0.2, 0.25) is 0 Å². The van der Waals surface area contributed by atoms with Gasteiger partial charge in [-0.1, -0.05) is 18.2 Å². The minimum atomic E-state index is -3.64. The van der Waals surface area contributed by atoms with Crippen molar-refractivity contribution < 1.29 is 17.9 Å². The lowest BCUT2D eigenvalue weighted by atomic mass is 10.2. The van der Waals surface area contributed by atoms with Gasteiger partial charge in [-0.05, 0) is 56.5 Å². The van der Waals surface area contributed by atoms with E-state index < -0.39 is 10.0 Å². The molecule has 10 nitrogen and oxygen atoms in total. The van der Waals surface area contributed by atoms with E-state index in [1.165, 1.54) is 0 Å². The van der Waals surface area contributed by atoms with Crippen molar-refractivity contribution >= 4 is 44.1 Å². The number of benzene rings is 1. The van der Waals surface area contributed by atoms with E-state index in [4.69, 9.17) is 10.5 Å². The maximum absolute atomic E-state index is 12.8. The fraction of sp³-hybridized carbons (Fsp3) is 0.346. The quantitative estimate of drug-likeness (QED) is 0.214. The topological polar surface area (TPSA) is 141 Å². The second-order valence-corrected chi connectivity index (χ2v) is 11.9. The first-order chi connectivity index (χ1) is 18.3. The van der Waals surface area contributed by atoms with Crippen LogP contribution in [-0.2, 0) is 34.5 Å². The van der Waals surface area contributed by atoms with Gasteiger partial charge in [0.1, 0.15) is 22.2 Å². The minimum absolute atomic E-state index is 0.203. The van der Waals surface area contributed by atoms with Gasteiger partial charge in [-0.25, -0.2) is 23.1 Å². The van der Waals surface area contributed by atoms with Crippen molar-refractivity contribution in [2.75, 3.05) is 18.9 Å². The largest absolute Gasteiger partial charge is 0.382 e. The summed E-state index contributed by atoms with van der Waals surface area (Å²) in [5, 5.41) is 2.82. The SMILES string of the molecule is CCOCc1nc2c(N)ncc(C)c2n1CCCCNS(=O)(=O)c1ccc(CNC(=O)c2ccccc2)s1. The Morgan fingerprint density at radius 1 is 1.16 bits per heavy atom. The van der Waals surface area contributed by atoms with Gasteiger partial charge in [0, 0.05) is 36.3 Å². The number of aromatic nitrogens is 3. The van der Waals surface area contributed by atoms with Crippen LogP contribution in [0.25, 0.3) is 11.0 Å². The third-order valence-electron chi connectivity index (χ3n) is 5.96. The van der Waals surface area contributed by atoms with Crippen LogP contribution in [-0.4, -0.2) is 42.0 Å². The van der Waals surface area contributed by atoms with Crippen LogP contribution >= 0.6 is 11.3 Å². The molecule has 0 unspecified atom stereocenters. The number of sulfonamides is 1. The van der Waals surface area contributed by atoms with Crippen molar-refractivity contribution in [1.82, 2.24) is 24.6 Å². The van der Waals surface area contributed by atoms with Gasteiger partial charge in [0.25, 0.3) is 5.91 Å². The van der Waals surface area contributed by atoms with Crippen LogP contribution in [0.4, 0.5) is 5.82 Å². The molecule has 0 bridgehead atoms. The lowest BCUT2D eigenvalue weighted by Gasteiger charge is -2.11. The molecule has 0 saturated carbocycles. The lowest BCUT2D eigenvalue weighted by molar-refractivity contribution is 0.0951. The van der Waals surface area contributed by atoms with E-state index in [0.29, 0.717) is 49.6 Å². The van der Waals surface area contributed by atoms with Gasteiger partial charge in [0.05, 0.1) is 12.1 Å². The number of nitrogens with zero attached hydrogens (tertiary/aromatic N) is 3. The number of unbranched alkanes of at least 4 members (excludes halogenated alkanes) is 1. The van der Waals surface area contributed by atoms with Gasteiger partial charge in [0.2, 0.25) is 10.0 Å². The second kappa shape index (κ2) is 12.5. The molecule has 38 heavy (non-hydrogen) atoms. The Kier molecular flexibility index (Phi) is 9.10. The number of anilines is 1. The zero-order valence-corrected chi connectivity index (χ0v) is 23.1. The van der Waals surface area contributed by atoms with Gasteiger partial charge >= 0.3 is 0 Å². The van der Waals surface area contributed by atoms with Crippen LogP contribution in [0.5, 0.6) is 0 Å². The monoisotopic (exact) mass is 556 g/mol. The Labute approximate surface area is 226 Å². The normalized spacial score (nSPS) is 11.7. The predicted molar refractivity (Wildman–Crippen MR) is 148 cm³/mol. The number of nitrogens with two attached hydrogens (primary N) is 1. The number of hydrogen-bond acceptors (Lipinski definition) is 8. The zero-order valence-electron chi connectivity index (χ0n) is 21.4. The van der Waals surface area contributed by atoms with Crippen molar-refractivity contribution in [3.63, 3.8) is 0 Å². The number of nitrogens with one attached hydrogen (secondary N) is 2. The zero-order chi connectivity index (χ0) is 27.1. The molecule has 3 heterocycles. The number of pyridine rings is 1. The minimum Gasteiger partial charge on any atom is -0.382 e. The molecule has 12 heteroatoms. The van der Waals surface area contributed by atoms with E-state index in [0.717, 1.165) is 39.5 Å². The Morgan fingerprint density at radius 2 is 1.95 bits per heavy atom. The average Bonchev–Trinajstić information content (AvgIpc) is 3.55. The third kappa shape index (κ3) is 6.57. The van der Waals surface area contributed by atoms with Gasteiger partial charge in [-0.15, -0.1) is 11.3 Å². The molecule has 4 N–H and O–H groups in total. The average molecular weight is 557 g/mol. The van der Waals surface area contributed by atoms with Crippen molar-refractivity contribution in [3.05, 3.63) is 70.5 Å². The number of hydrogen-bond donors (Lipinski definition) is 3. The highest BCUT2D eigenvalue weighted by Crippen LogP contribution is 2.25. The van der Waals surface area contributed by atoms with E-state index in [1.807, 2.05) is 19.9 Å². The van der Waals surface area contributed by atoms with Gasteiger partial charge in [-0.2, -0.15) is 0 Å². The summed E-state index contributed by atoms with van der Waals surface area (Å²) in [7, 11) is -3.64. The number of nitrogen functional groups attached to an aromatic ring is 1. The Morgan fingerprint density at radius 3 is 2.71 bits per heavy atom. The first kappa shape index (κ1) is 27.7. The molecular formula is C26H32N6O4S2. The molecule has 0 spiro atoms. The summed E-state index contributed by atoms with van der Waals surface area (Å²) in [5.41, 5.74) is 9.17. The van der Waals surface area contributed by atoms with Crippen LogP contribution in [0.15, 0.2) is 52.9 Å². The van der Waals surface area contributed by atoms with E-state index in [2.05, 4.69) is 24.6 Å². The number of carbonyl (C=O) groups excluding carboxylic acids is 1. The lowest BCUT2D eigenvalue weighted by Crippen LogP contribution is -2.24. The molecule has 4 aromatic rings. The summed E-state index contributed by atoms with van der Waals surface area (Å²) in [6, 6.07) is 12.2. The molecule has 0 fully saturated rings. The summed E-state index contributed by atoms with van der Waals surface area (Å²) in [6.45, 7) is 6.04. The fourth-order valence-corrected chi connectivity index (χ4v) is 6.45. The molecule has 0 aliphatic rings. The smallest absolute Gasteiger partial charge is 0.251 e. The highest BCUT2D eigenvalue weighted by atomic mass is 32.2. The highest BCUT2D eigenvalue weighted by Gasteiger charge is 2.18. The Bertz CT molecular complexity index is 1500. The van der Waals surface area contributed by atoms with Crippen LogP contribution in [0.3, 0.4) is 0 Å². The Balaban J connectivity index is 1.30. The molecule has 0 aliphatic heterocycles. The first-order valence-electron chi connectivity index (χ1n) is 12.4. The molecule has 0 aliphatic carbocycles. The molecule has 1 amide bonds. The summed E-state index contributed by atoms with van der Waals surface area (Å²) in [5.74, 6) is 0.950. The first-order valence-corrected chi connectivity index (χ1v) is 14.7. The number of ether oxygens (including phenoxy) is 1. The highest BCUT2D eigenvalue weighted by molar-refractivity contribution is 7.91. The van der Waals surface area contributed by atoms with E-state index in [9.17, 15) is 13.2 Å². The van der Waals surface area contributed by atoms with E-state index in [1.54, 1.807) is 42.6 Å². The van der Waals surface area contributed by atoms with Crippen molar-refractivity contribution in [2.45, 2.75) is 50.6 Å². The van der Waals surface area contributed by atoms with Gasteiger partial charge in [0.15, 0.2) is 5.82 Å². The number of fused-ring (bicyclic) bond motifs is 1. The predicted octanol–water partition coefficient (Wildman–Crippen LogP) is 3.61. The molecule has 3 aromatic heterocycles. The molecule has 4 rings (SSSR count). The molecule has 0 atom stereocenters.